The SMILES string of the molecule is O=S(=O)(/C=C/c1cccs1)/N=C(\[O-])c1ccc(F)cc1Br.[Na+]. The predicted octanol–water partition coefficient (Wildman–Crippen LogP) is -0.239. The molecule has 4 nitrogen and oxygen atoms in total. The van der Waals surface area contributed by atoms with E-state index in [9.17, 15) is 17.9 Å². The average Bonchev–Trinajstić information content (AvgIpc) is 2.88. The number of benzene rings is 1. The summed E-state index contributed by atoms with van der Waals surface area (Å²) in [6, 6.07) is 6.80. The molecule has 9 heteroatoms. The molecule has 0 aliphatic carbocycles. The summed E-state index contributed by atoms with van der Waals surface area (Å²) in [6.45, 7) is 0. The predicted molar refractivity (Wildman–Crippen MR) is 82.9 cm³/mol. The summed E-state index contributed by atoms with van der Waals surface area (Å²) in [5, 5.41) is 14.5. The molecule has 0 unspecified atom stereocenters. The van der Waals surface area contributed by atoms with Crippen molar-refractivity contribution >= 4 is 49.3 Å². The van der Waals surface area contributed by atoms with Crippen LogP contribution in [0, 0.1) is 5.82 Å². The van der Waals surface area contributed by atoms with Crippen LogP contribution in [0.15, 0.2) is 50.0 Å². The van der Waals surface area contributed by atoms with Gasteiger partial charge in [-0.1, -0.05) is 22.0 Å². The van der Waals surface area contributed by atoms with Crippen LogP contribution in [-0.4, -0.2) is 14.3 Å². The van der Waals surface area contributed by atoms with Gasteiger partial charge in [-0.2, -0.15) is 12.8 Å². The summed E-state index contributed by atoms with van der Waals surface area (Å²) in [4.78, 5) is 0.726. The zero-order valence-corrected chi connectivity index (χ0v) is 16.6. The fourth-order valence-electron chi connectivity index (χ4n) is 1.40. The summed E-state index contributed by atoms with van der Waals surface area (Å²) in [6.07, 6.45) is 1.36. The Balaban J connectivity index is 0.00000242. The Morgan fingerprint density at radius 2 is 2.09 bits per heavy atom. The van der Waals surface area contributed by atoms with Gasteiger partial charge < -0.3 is 5.11 Å². The maximum Gasteiger partial charge on any atom is 1.00 e. The fraction of sp³-hybridized carbons (Fsp3) is 0. The van der Waals surface area contributed by atoms with E-state index in [1.807, 2.05) is 0 Å². The van der Waals surface area contributed by atoms with Crippen molar-refractivity contribution in [3.63, 3.8) is 0 Å². The van der Waals surface area contributed by atoms with Crippen molar-refractivity contribution in [2.75, 3.05) is 0 Å². The molecule has 0 saturated heterocycles. The molecule has 2 rings (SSSR count). The summed E-state index contributed by atoms with van der Waals surface area (Å²) in [7, 11) is -4.04. The van der Waals surface area contributed by atoms with E-state index in [4.69, 9.17) is 0 Å². The third kappa shape index (κ3) is 5.60. The van der Waals surface area contributed by atoms with Crippen LogP contribution in [0.4, 0.5) is 4.39 Å². The minimum Gasteiger partial charge on any atom is -0.858 e. The van der Waals surface area contributed by atoms with E-state index in [2.05, 4.69) is 20.3 Å². The molecule has 110 valence electrons. The second kappa shape index (κ2) is 8.37. The smallest absolute Gasteiger partial charge is 0.858 e. The Morgan fingerprint density at radius 3 is 2.68 bits per heavy atom. The number of rotatable bonds is 4. The van der Waals surface area contributed by atoms with Crippen molar-refractivity contribution in [2.24, 2.45) is 4.40 Å². The molecule has 0 radical (unpaired) electrons. The average molecular weight is 412 g/mol. The van der Waals surface area contributed by atoms with Gasteiger partial charge in [-0.15, -0.1) is 11.3 Å². The molecule has 2 aromatic rings. The molecule has 1 heterocycles. The maximum atomic E-state index is 12.9. The van der Waals surface area contributed by atoms with Crippen LogP contribution in [0.2, 0.25) is 0 Å². The minimum absolute atomic E-state index is 0. The first-order chi connectivity index (χ1) is 9.87. The van der Waals surface area contributed by atoms with Crippen molar-refractivity contribution in [2.45, 2.75) is 0 Å². The summed E-state index contributed by atoms with van der Waals surface area (Å²) in [5.41, 5.74) is -0.0236. The van der Waals surface area contributed by atoms with Crippen molar-refractivity contribution in [1.29, 1.82) is 0 Å². The molecule has 0 atom stereocenters. The maximum absolute atomic E-state index is 12.9. The first-order valence-corrected chi connectivity index (χ1v) is 8.74. The van der Waals surface area contributed by atoms with Crippen molar-refractivity contribution in [3.8, 4) is 0 Å². The van der Waals surface area contributed by atoms with E-state index < -0.39 is 21.7 Å². The Labute approximate surface area is 161 Å². The second-order valence-electron chi connectivity index (χ2n) is 3.85. The number of hydrogen-bond donors (Lipinski definition) is 0. The van der Waals surface area contributed by atoms with Gasteiger partial charge in [-0.3, -0.25) is 0 Å². The number of thiophene rings is 1. The summed E-state index contributed by atoms with van der Waals surface area (Å²) in [5.74, 6) is -1.50. The molecule has 0 spiro atoms. The molecular formula is C13H8BrFNNaO3S2. The summed E-state index contributed by atoms with van der Waals surface area (Å²) < 4.78 is 39.7. The van der Waals surface area contributed by atoms with Gasteiger partial charge in [0.2, 0.25) is 0 Å². The molecule has 22 heavy (non-hydrogen) atoms. The van der Waals surface area contributed by atoms with E-state index in [1.54, 1.807) is 17.5 Å². The van der Waals surface area contributed by atoms with Gasteiger partial charge in [-0.05, 0) is 35.7 Å². The standard InChI is InChI=1S/C13H9BrFNO3S2.Na/c14-12-8-9(15)3-4-11(12)13(17)16-21(18,19)7-5-10-2-1-6-20-10;/h1-8H,(H,16,17);/q;+1/p-1/b7-5+;. The topological polar surface area (TPSA) is 69.6 Å². The van der Waals surface area contributed by atoms with Crippen LogP contribution in [-0.2, 0) is 10.0 Å². The van der Waals surface area contributed by atoms with E-state index in [0.29, 0.717) is 0 Å². The number of nitrogens with zero attached hydrogens (tertiary/aromatic N) is 1. The Morgan fingerprint density at radius 1 is 1.36 bits per heavy atom. The van der Waals surface area contributed by atoms with Gasteiger partial charge >= 0.3 is 29.6 Å². The van der Waals surface area contributed by atoms with E-state index in [-0.39, 0.29) is 39.6 Å². The van der Waals surface area contributed by atoms with Gasteiger partial charge in [0, 0.05) is 20.8 Å². The Hall–Kier alpha value is -0.510. The first kappa shape index (κ1) is 19.5. The largest absolute Gasteiger partial charge is 1.00 e. The van der Waals surface area contributed by atoms with Crippen molar-refractivity contribution < 1.29 is 47.5 Å². The van der Waals surface area contributed by atoms with E-state index in [0.717, 1.165) is 22.4 Å². The van der Waals surface area contributed by atoms with Crippen LogP contribution < -0.4 is 34.7 Å². The van der Waals surface area contributed by atoms with Gasteiger partial charge in [0.05, 0.1) is 5.41 Å². The van der Waals surface area contributed by atoms with Gasteiger partial charge in [0.1, 0.15) is 5.82 Å². The number of hydrogen-bond acceptors (Lipinski definition) is 4. The first-order valence-electron chi connectivity index (χ1n) is 5.56. The van der Waals surface area contributed by atoms with E-state index >= 15 is 0 Å². The van der Waals surface area contributed by atoms with Crippen LogP contribution in [0.5, 0.6) is 0 Å². The third-order valence-corrected chi connectivity index (χ3v) is 4.71. The Kier molecular flexibility index (Phi) is 7.43. The molecule has 0 fully saturated rings. The molecule has 1 aromatic heterocycles. The zero-order valence-electron chi connectivity index (χ0n) is 11.4. The monoisotopic (exact) mass is 411 g/mol. The van der Waals surface area contributed by atoms with Crippen LogP contribution in [0.1, 0.15) is 10.4 Å². The van der Waals surface area contributed by atoms with Crippen LogP contribution >= 0.6 is 27.3 Å². The number of halogens is 2. The molecule has 0 aliphatic rings. The third-order valence-electron chi connectivity index (χ3n) is 2.32. The molecule has 0 amide bonds. The van der Waals surface area contributed by atoms with Crippen LogP contribution in [0.3, 0.4) is 0 Å². The molecule has 0 bridgehead atoms. The Bertz CT molecular complexity index is 805. The molecule has 0 saturated carbocycles. The van der Waals surface area contributed by atoms with Crippen LogP contribution in [0.25, 0.3) is 6.08 Å². The molecule has 0 aliphatic heterocycles. The minimum atomic E-state index is -4.04. The van der Waals surface area contributed by atoms with Gasteiger partial charge in [0.15, 0.2) is 0 Å². The second-order valence-corrected chi connectivity index (χ2v) is 7.17. The van der Waals surface area contributed by atoms with Gasteiger partial charge in [0.25, 0.3) is 10.0 Å². The van der Waals surface area contributed by atoms with Crippen molar-refractivity contribution in [3.05, 3.63) is 61.9 Å². The fourth-order valence-corrected chi connectivity index (χ4v) is 3.33. The molecule has 0 N–H and O–H groups in total. The van der Waals surface area contributed by atoms with E-state index in [1.165, 1.54) is 23.5 Å². The number of sulfonamides is 1. The summed E-state index contributed by atoms with van der Waals surface area (Å²) >= 11 is 4.35. The molecular weight excluding hydrogens is 404 g/mol. The normalized spacial score (nSPS) is 12.4. The quantitative estimate of drug-likeness (QED) is 0.396. The van der Waals surface area contributed by atoms with Crippen molar-refractivity contribution in [1.82, 2.24) is 0 Å². The van der Waals surface area contributed by atoms with Gasteiger partial charge in [-0.25, -0.2) is 4.39 Å². The zero-order chi connectivity index (χ0) is 15.5. The molecule has 1 aromatic carbocycles.